The number of aryl methyl sites for hydroxylation is 2. The molecule has 1 aromatic rings. The molecule has 0 atom stereocenters. The predicted molar refractivity (Wildman–Crippen MR) is 73.0 cm³/mol. The summed E-state index contributed by atoms with van der Waals surface area (Å²) in [5.41, 5.74) is 0. The van der Waals surface area contributed by atoms with E-state index in [4.69, 9.17) is 4.52 Å². The first-order valence-corrected chi connectivity index (χ1v) is 7.32. The van der Waals surface area contributed by atoms with E-state index in [0.717, 1.165) is 32.2 Å². The molecule has 112 valence electrons. The van der Waals surface area contributed by atoms with Crippen LogP contribution in [0.2, 0.25) is 0 Å². The zero-order chi connectivity index (χ0) is 14.5. The first kappa shape index (κ1) is 15.0. The van der Waals surface area contributed by atoms with Gasteiger partial charge in [0.2, 0.25) is 11.8 Å². The molecule has 1 amide bonds. The van der Waals surface area contributed by atoms with Crippen LogP contribution in [0.4, 0.5) is 0 Å². The molecule has 1 heterocycles. The second kappa shape index (κ2) is 6.83. The van der Waals surface area contributed by atoms with E-state index in [1.165, 1.54) is 0 Å². The van der Waals surface area contributed by atoms with E-state index in [-0.39, 0.29) is 12.0 Å². The molecule has 0 bridgehead atoms. The highest BCUT2D eigenvalue weighted by molar-refractivity contribution is 5.76. The minimum atomic E-state index is -0.168. The Balaban J connectivity index is 1.70. The Morgan fingerprint density at radius 1 is 1.45 bits per heavy atom. The number of aromatic nitrogens is 2. The standard InChI is InChI=1S/C14H23N3O3/c1-3-4-12-15-13(20-16-12)5-6-14(19)17(2)9-10-7-11(18)8-10/h10-11,18H,3-9H2,1-2H3. The number of rotatable bonds is 7. The average Bonchev–Trinajstić information content (AvgIpc) is 2.82. The van der Waals surface area contributed by atoms with Crippen LogP contribution in [0.5, 0.6) is 0 Å². The number of aliphatic hydroxyl groups excluding tert-OH is 1. The molecule has 1 aromatic heterocycles. The lowest BCUT2D eigenvalue weighted by Crippen LogP contribution is -2.39. The summed E-state index contributed by atoms with van der Waals surface area (Å²) in [5, 5.41) is 13.1. The lowest BCUT2D eigenvalue weighted by molar-refractivity contribution is -0.131. The van der Waals surface area contributed by atoms with Gasteiger partial charge in [-0.1, -0.05) is 12.1 Å². The smallest absolute Gasteiger partial charge is 0.227 e. The van der Waals surface area contributed by atoms with Crippen molar-refractivity contribution in [1.29, 1.82) is 0 Å². The fourth-order valence-electron chi connectivity index (χ4n) is 2.46. The van der Waals surface area contributed by atoms with E-state index >= 15 is 0 Å². The first-order chi connectivity index (χ1) is 9.58. The second-order valence-corrected chi connectivity index (χ2v) is 5.62. The molecule has 1 fully saturated rings. The summed E-state index contributed by atoms with van der Waals surface area (Å²) in [4.78, 5) is 18.0. The number of hydrogen-bond acceptors (Lipinski definition) is 5. The minimum absolute atomic E-state index is 0.0848. The topological polar surface area (TPSA) is 79.5 Å². The number of hydrogen-bond donors (Lipinski definition) is 1. The van der Waals surface area contributed by atoms with Gasteiger partial charge in [0.15, 0.2) is 5.82 Å². The quantitative estimate of drug-likeness (QED) is 0.812. The van der Waals surface area contributed by atoms with Crippen LogP contribution in [0.25, 0.3) is 0 Å². The third kappa shape index (κ3) is 4.03. The maximum Gasteiger partial charge on any atom is 0.227 e. The van der Waals surface area contributed by atoms with Crippen LogP contribution in [-0.2, 0) is 17.6 Å². The summed E-state index contributed by atoms with van der Waals surface area (Å²) in [7, 11) is 1.81. The van der Waals surface area contributed by atoms with E-state index < -0.39 is 0 Å². The van der Waals surface area contributed by atoms with Crippen molar-refractivity contribution in [2.45, 2.75) is 51.6 Å². The van der Waals surface area contributed by atoms with Crippen molar-refractivity contribution in [3.63, 3.8) is 0 Å². The molecule has 2 rings (SSSR count). The molecule has 6 heteroatoms. The van der Waals surface area contributed by atoms with E-state index in [1.807, 2.05) is 7.05 Å². The Kier molecular flexibility index (Phi) is 5.11. The molecule has 1 aliphatic rings. The maximum absolute atomic E-state index is 12.0. The van der Waals surface area contributed by atoms with Crippen molar-refractivity contribution in [2.24, 2.45) is 5.92 Å². The fraction of sp³-hybridized carbons (Fsp3) is 0.786. The van der Waals surface area contributed by atoms with Crippen molar-refractivity contribution >= 4 is 5.91 Å². The van der Waals surface area contributed by atoms with Gasteiger partial charge in [0, 0.05) is 32.9 Å². The lowest BCUT2D eigenvalue weighted by atomic mass is 9.82. The van der Waals surface area contributed by atoms with Crippen LogP contribution >= 0.6 is 0 Å². The Labute approximate surface area is 119 Å². The normalized spacial score (nSPS) is 21.6. The molecule has 0 aromatic carbocycles. The molecule has 20 heavy (non-hydrogen) atoms. The highest BCUT2D eigenvalue weighted by atomic mass is 16.5. The van der Waals surface area contributed by atoms with Gasteiger partial charge in [-0.25, -0.2) is 0 Å². The maximum atomic E-state index is 12.0. The Hall–Kier alpha value is -1.43. The van der Waals surface area contributed by atoms with Gasteiger partial charge in [-0.3, -0.25) is 4.79 Å². The third-order valence-electron chi connectivity index (χ3n) is 3.71. The van der Waals surface area contributed by atoms with E-state index in [0.29, 0.717) is 30.5 Å². The SMILES string of the molecule is CCCc1noc(CCC(=O)N(C)CC2CC(O)C2)n1. The van der Waals surface area contributed by atoms with Crippen molar-refractivity contribution < 1.29 is 14.4 Å². The van der Waals surface area contributed by atoms with Crippen molar-refractivity contribution in [3.05, 3.63) is 11.7 Å². The van der Waals surface area contributed by atoms with Gasteiger partial charge < -0.3 is 14.5 Å². The molecule has 1 aliphatic carbocycles. The Morgan fingerprint density at radius 2 is 2.20 bits per heavy atom. The number of carbonyl (C=O) groups excluding carboxylic acids is 1. The number of carbonyl (C=O) groups is 1. The van der Waals surface area contributed by atoms with Crippen LogP contribution < -0.4 is 0 Å². The first-order valence-electron chi connectivity index (χ1n) is 7.32. The van der Waals surface area contributed by atoms with E-state index in [9.17, 15) is 9.90 Å². The van der Waals surface area contributed by atoms with Gasteiger partial charge in [0.1, 0.15) is 0 Å². The summed E-state index contributed by atoms with van der Waals surface area (Å²) in [6, 6.07) is 0. The number of aliphatic hydroxyl groups is 1. The van der Waals surface area contributed by atoms with Crippen molar-refractivity contribution in [3.8, 4) is 0 Å². The molecular weight excluding hydrogens is 258 g/mol. The van der Waals surface area contributed by atoms with E-state index in [1.54, 1.807) is 4.90 Å². The van der Waals surface area contributed by atoms with Crippen LogP contribution in [0.15, 0.2) is 4.52 Å². The monoisotopic (exact) mass is 281 g/mol. The summed E-state index contributed by atoms with van der Waals surface area (Å²) in [5.74, 6) is 1.78. The van der Waals surface area contributed by atoms with Gasteiger partial charge in [0.25, 0.3) is 0 Å². The van der Waals surface area contributed by atoms with Crippen LogP contribution in [0.3, 0.4) is 0 Å². The van der Waals surface area contributed by atoms with Gasteiger partial charge in [-0.05, 0) is 25.2 Å². The van der Waals surface area contributed by atoms with Crippen molar-refractivity contribution in [2.75, 3.05) is 13.6 Å². The molecule has 6 nitrogen and oxygen atoms in total. The molecule has 0 unspecified atom stereocenters. The highest BCUT2D eigenvalue weighted by Gasteiger charge is 2.29. The number of nitrogens with zero attached hydrogens (tertiary/aromatic N) is 3. The minimum Gasteiger partial charge on any atom is -0.393 e. The summed E-state index contributed by atoms with van der Waals surface area (Å²) in [6.07, 6.45) is 4.12. The largest absolute Gasteiger partial charge is 0.393 e. The Morgan fingerprint density at radius 3 is 2.85 bits per heavy atom. The summed E-state index contributed by atoms with van der Waals surface area (Å²) >= 11 is 0. The molecule has 1 N–H and O–H groups in total. The van der Waals surface area contributed by atoms with Gasteiger partial charge >= 0.3 is 0 Å². The zero-order valence-corrected chi connectivity index (χ0v) is 12.2. The van der Waals surface area contributed by atoms with Gasteiger partial charge in [-0.15, -0.1) is 0 Å². The lowest BCUT2D eigenvalue weighted by Gasteiger charge is -2.34. The zero-order valence-electron chi connectivity index (χ0n) is 12.2. The summed E-state index contributed by atoms with van der Waals surface area (Å²) < 4.78 is 5.11. The van der Waals surface area contributed by atoms with Crippen LogP contribution in [0.1, 0.15) is 44.3 Å². The van der Waals surface area contributed by atoms with Crippen LogP contribution in [0, 0.1) is 5.92 Å². The number of amides is 1. The molecule has 0 aliphatic heterocycles. The predicted octanol–water partition coefficient (Wildman–Crippen LogP) is 1.18. The second-order valence-electron chi connectivity index (χ2n) is 5.62. The molecule has 0 radical (unpaired) electrons. The molecule has 0 saturated heterocycles. The van der Waals surface area contributed by atoms with Gasteiger partial charge in [0.05, 0.1) is 6.10 Å². The highest BCUT2D eigenvalue weighted by Crippen LogP contribution is 2.27. The van der Waals surface area contributed by atoms with E-state index in [2.05, 4.69) is 17.1 Å². The Bertz CT molecular complexity index is 441. The molecular formula is C14H23N3O3. The van der Waals surface area contributed by atoms with Crippen molar-refractivity contribution in [1.82, 2.24) is 15.0 Å². The molecule has 0 spiro atoms. The molecule has 1 saturated carbocycles. The summed E-state index contributed by atoms with van der Waals surface area (Å²) in [6.45, 7) is 2.78. The van der Waals surface area contributed by atoms with Gasteiger partial charge in [-0.2, -0.15) is 4.98 Å². The average molecular weight is 281 g/mol. The third-order valence-corrected chi connectivity index (χ3v) is 3.71. The van der Waals surface area contributed by atoms with Crippen LogP contribution in [-0.4, -0.2) is 45.8 Å². The fourth-order valence-corrected chi connectivity index (χ4v) is 2.46.